The van der Waals surface area contributed by atoms with Crippen molar-refractivity contribution < 1.29 is 8.42 Å². The first kappa shape index (κ1) is 16.4. The SMILES string of the molecule is CNS(=O)(=O)c1cccc(CNc2nc3ccccc3nc2C)c1. The minimum absolute atomic E-state index is 0.241. The number of aryl methyl sites for hydroxylation is 1. The molecule has 3 aromatic rings. The van der Waals surface area contributed by atoms with Gasteiger partial charge < -0.3 is 5.32 Å². The van der Waals surface area contributed by atoms with Gasteiger partial charge in [-0.1, -0.05) is 24.3 Å². The third-order valence-electron chi connectivity index (χ3n) is 3.68. The third kappa shape index (κ3) is 3.37. The van der Waals surface area contributed by atoms with Crippen LogP contribution in [0.15, 0.2) is 53.4 Å². The molecule has 3 rings (SSSR count). The Balaban J connectivity index is 1.84. The quantitative estimate of drug-likeness (QED) is 0.744. The van der Waals surface area contributed by atoms with Crippen LogP contribution in [0.25, 0.3) is 11.0 Å². The summed E-state index contributed by atoms with van der Waals surface area (Å²) in [6.07, 6.45) is 0. The zero-order chi connectivity index (χ0) is 17.2. The van der Waals surface area contributed by atoms with Crippen LogP contribution in [0.2, 0.25) is 0 Å². The minimum Gasteiger partial charge on any atom is -0.364 e. The van der Waals surface area contributed by atoms with E-state index < -0.39 is 10.0 Å². The van der Waals surface area contributed by atoms with Crippen molar-refractivity contribution in [3.8, 4) is 0 Å². The van der Waals surface area contributed by atoms with E-state index in [1.54, 1.807) is 18.2 Å². The molecule has 0 spiro atoms. The fourth-order valence-electron chi connectivity index (χ4n) is 2.38. The van der Waals surface area contributed by atoms with Crippen molar-refractivity contribution in [1.29, 1.82) is 0 Å². The lowest BCUT2D eigenvalue weighted by Crippen LogP contribution is -2.18. The molecule has 0 aliphatic carbocycles. The molecule has 2 N–H and O–H groups in total. The zero-order valence-electron chi connectivity index (χ0n) is 13.4. The Hall–Kier alpha value is -2.51. The molecule has 0 aliphatic rings. The van der Waals surface area contributed by atoms with Crippen molar-refractivity contribution in [3.63, 3.8) is 0 Å². The van der Waals surface area contributed by atoms with E-state index in [-0.39, 0.29) is 4.90 Å². The second-order valence-corrected chi connectivity index (χ2v) is 7.24. The van der Waals surface area contributed by atoms with Crippen molar-refractivity contribution in [2.24, 2.45) is 0 Å². The van der Waals surface area contributed by atoms with Crippen LogP contribution in [0.5, 0.6) is 0 Å². The predicted octanol–water partition coefficient (Wildman–Crippen LogP) is 2.46. The van der Waals surface area contributed by atoms with Gasteiger partial charge in [0.2, 0.25) is 10.0 Å². The normalized spacial score (nSPS) is 11.6. The zero-order valence-corrected chi connectivity index (χ0v) is 14.3. The number of benzene rings is 2. The van der Waals surface area contributed by atoms with Crippen LogP contribution < -0.4 is 10.0 Å². The number of aromatic nitrogens is 2. The first-order valence-corrected chi connectivity index (χ1v) is 8.97. The van der Waals surface area contributed by atoms with Crippen LogP contribution in [0.3, 0.4) is 0 Å². The van der Waals surface area contributed by atoms with Gasteiger partial charge in [-0.15, -0.1) is 0 Å². The average Bonchev–Trinajstić information content (AvgIpc) is 2.60. The largest absolute Gasteiger partial charge is 0.364 e. The Bertz CT molecular complexity index is 987. The summed E-state index contributed by atoms with van der Waals surface area (Å²) in [6, 6.07) is 14.5. The van der Waals surface area contributed by atoms with Crippen molar-refractivity contribution in [2.45, 2.75) is 18.4 Å². The topological polar surface area (TPSA) is 84.0 Å². The number of nitrogens with zero attached hydrogens (tertiary/aromatic N) is 2. The number of para-hydroxylation sites is 2. The molecular weight excluding hydrogens is 324 g/mol. The fraction of sp³-hybridized carbons (Fsp3) is 0.176. The summed E-state index contributed by atoms with van der Waals surface area (Å²) in [6.45, 7) is 2.35. The highest BCUT2D eigenvalue weighted by Crippen LogP contribution is 2.17. The molecule has 0 fully saturated rings. The van der Waals surface area contributed by atoms with Gasteiger partial charge in [0.25, 0.3) is 0 Å². The Kier molecular flexibility index (Phi) is 4.46. The van der Waals surface area contributed by atoms with E-state index in [1.807, 2.05) is 37.3 Å². The van der Waals surface area contributed by atoms with E-state index in [1.165, 1.54) is 7.05 Å². The number of nitrogens with one attached hydrogen (secondary N) is 2. The van der Waals surface area contributed by atoms with E-state index >= 15 is 0 Å². The van der Waals surface area contributed by atoms with E-state index in [2.05, 4.69) is 20.0 Å². The van der Waals surface area contributed by atoms with Gasteiger partial charge in [0.1, 0.15) is 5.82 Å². The first-order chi connectivity index (χ1) is 11.5. The molecule has 0 saturated heterocycles. The van der Waals surface area contributed by atoms with Gasteiger partial charge in [-0.2, -0.15) is 0 Å². The molecule has 2 aromatic carbocycles. The number of hydrogen-bond donors (Lipinski definition) is 2. The molecule has 7 heteroatoms. The molecular formula is C17H18N4O2S. The highest BCUT2D eigenvalue weighted by Gasteiger charge is 2.11. The fourth-order valence-corrected chi connectivity index (χ4v) is 3.18. The summed E-state index contributed by atoms with van der Waals surface area (Å²) in [5.74, 6) is 0.690. The number of sulfonamides is 1. The Labute approximate surface area is 141 Å². The summed E-state index contributed by atoms with van der Waals surface area (Å²) in [7, 11) is -2.05. The van der Waals surface area contributed by atoms with E-state index in [9.17, 15) is 8.42 Å². The maximum Gasteiger partial charge on any atom is 0.240 e. The molecule has 0 bridgehead atoms. The van der Waals surface area contributed by atoms with Gasteiger partial charge in [0.05, 0.1) is 21.6 Å². The Morgan fingerprint density at radius 1 is 1.00 bits per heavy atom. The standard InChI is InChI=1S/C17H18N4O2S/c1-12-17(21-16-9-4-3-8-15(16)20-12)19-11-13-6-5-7-14(10-13)24(22,23)18-2/h3-10,18H,11H2,1-2H3,(H,19,21). The maximum absolute atomic E-state index is 11.9. The summed E-state index contributed by atoms with van der Waals surface area (Å²) < 4.78 is 26.1. The highest BCUT2D eigenvalue weighted by molar-refractivity contribution is 7.89. The van der Waals surface area contributed by atoms with Gasteiger partial charge >= 0.3 is 0 Å². The monoisotopic (exact) mass is 342 g/mol. The number of hydrogen-bond acceptors (Lipinski definition) is 5. The molecule has 24 heavy (non-hydrogen) atoms. The predicted molar refractivity (Wildman–Crippen MR) is 94.3 cm³/mol. The molecule has 6 nitrogen and oxygen atoms in total. The molecule has 124 valence electrons. The van der Waals surface area contributed by atoms with Crippen molar-refractivity contribution in [3.05, 3.63) is 59.8 Å². The van der Waals surface area contributed by atoms with Gasteiger partial charge in [-0.25, -0.2) is 23.1 Å². The van der Waals surface area contributed by atoms with E-state index in [4.69, 9.17) is 0 Å². The lowest BCUT2D eigenvalue weighted by atomic mass is 10.2. The Morgan fingerprint density at radius 3 is 2.42 bits per heavy atom. The minimum atomic E-state index is -3.45. The van der Waals surface area contributed by atoms with Crippen molar-refractivity contribution in [2.75, 3.05) is 12.4 Å². The van der Waals surface area contributed by atoms with Gasteiger partial charge in [-0.05, 0) is 43.8 Å². The first-order valence-electron chi connectivity index (χ1n) is 7.49. The van der Waals surface area contributed by atoms with Crippen LogP contribution in [-0.4, -0.2) is 25.4 Å². The molecule has 0 radical (unpaired) electrons. The lowest BCUT2D eigenvalue weighted by molar-refractivity contribution is 0.588. The van der Waals surface area contributed by atoms with Gasteiger partial charge in [0, 0.05) is 6.54 Å². The number of fused-ring (bicyclic) bond motifs is 1. The van der Waals surface area contributed by atoms with Gasteiger partial charge in [-0.3, -0.25) is 0 Å². The van der Waals surface area contributed by atoms with Gasteiger partial charge in [0.15, 0.2) is 0 Å². The average molecular weight is 342 g/mol. The molecule has 0 saturated carbocycles. The summed E-state index contributed by atoms with van der Waals surface area (Å²) in [5.41, 5.74) is 3.31. The number of anilines is 1. The molecule has 0 aliphatic heterocycles. The van der Waals surface area contributed by atoms with E-state index in [0.717, 1.165) is 22.3 Å². The van der Waals surface area contributed by atoms with Crippen LogP contribution in [-0.2, 0) is 16.6 Å². The second-order valence-electron chi connectivity index (χ2n) is 5.35. The Morgan fingerprint density at radius 2 is 1.71 bits per heavy atom. The van der Waals surface area contributed by atoms with E-state index in [0.29, 0.717) is 12.4 Å². The number of rotatable bonds is 5. The summed E-state index contributed by atoms with van der Waals surface area (Å²) in [5, 5.41) is 3.23. The van der Waals surface area contributed by atoms with Crippen LogP contribution >= 0.6 is 0 Å². The second kappa shape index (κ2) is 6.54. The van der Waals surface area contributed by atoms with Crippen LogP contribution in [0.1, 0.15) is 11.3 Å². The summed E-state index contributed by atoms with van der Waals surface area (Å²) >= 11 is 0. The molecule has 0 unspecified atom stereocenters. The highest BCUT2D eigenvalue weighted by atomic mass is 32.2. The van der Waals surface area contributed by atoms with Crippen molar-refractivity contribution in [1.82, 2.24) is 14.7 Å². The maximum atomic E-state index is 11.9. The van der Waals surface area contributed by atoms with Crippen LogP contribution in [0.4, 0.5) is 5.82 Å². The van der Waals surface area contributed by atoms with Crippen molar-refractivity contribution >= 4 is 26.9 Å². The molecule has 1 heterocycles. The summed E-state index contributed by atoms with van der Waals surface area (Å²) in [4.78, 5) is 9.34. The smallest absolute Gasteiger partial charge is 0.240 e. The molecule has 0 atom stereocenters. The lowest BCUT2D eigenvalue weighted by Gasteiger charge is -2.10. The van der Waals surface area contributed by atoms with Crippen LogP contribution in [0, 0.1) is 6.92 Å². The molecule has 0 amide bonds. The third-order valence-corrected chi connectivity index (χ3v) is 5.09. The molecule has 1 aromatic heterocycles.